The highest BCUT2D eigenvalue weighted by Crippen LogP contribution is 2.37. The summed E-state index contributed by atoms with van der Waals surface area (Å²) in [5.41, 5.74) is 6.73. The van der Waals surface area contributed by atoms with Crippen molar-refractivity contribution in [2.75, 3.05) is 19.6 Å². The van der Waals surface area contributed by atoms with Gasteiger partial charge in [0.1, 0.15) is 11.1 Å². The summed E-state index contributed by atoms with van der Waals surface area (Å²) < 4.78 is 13.2. The molecule has 2 aromatic rings. The average Bonchev–Trinajstić information content (AvgIpc) is 2.68. The number of thioether (sulfide) groups is 1. The third-order valence-electron chi connectivity index (χ3n) is 4.65. The van der Waals surface area contributed by atoms with Crippen molar-refractivity contribution < 1.29 is 9.18 Å². The second-order valence-corrected chi connectivity index (χ2v) is 7.55. The van der Waals surface area contributed by atoms with Crippen molar-refractivity contribution in [1.82, 2.24) is 4.90 Å². The molecule has 0 spiro atoms. The first-order valence-electron chi connectivity index (χ1n) is 8.63. The SMILES string of the molecule is NCC1CCN(C(=O)C(Sc2ccc(F)cc2)c2ccccc2)CC1. The molecule has 2 aromatic carbocycles. The van der Waals surface area contributed by atoms with Crippen LogP contribution in [0.3, 0.4) is 0 Å². The molecule has 0 bridgehead atoms. The molecule has 1 atom stereocenters. The quantitative estimate of drug-likeness (QED) is 0.826. The Morgan fingerprint density at radius 3 is 2.36 bits per heavy atom. The van der Waals surface area contributed by atoms with E-state index in [4.69, 9.17) is 5.73 Å². The van der Waals surface area contributed by atoms with Crippen LogP contribution in [0.1, 0.15) is 23.7 Å². The smallest absolute Gasteiger partial charge is 0.240 e. The van der Waals surface area contributed by atoms with E-state index in [9.17, 15) is 9.18 Å². The monoisotopic (exact) mass is 358 g/mol. The molecule has 132 valence electrons. The molecule has 0 aromatic heterocycles. The molecule has 0 radical (unpaired) electrons. The molecule has 1 aliphatic rings. The Morgan fingerprint density at radius 2 is 1.76 bits per heavy atom. The zero-order valence-corrected chi connectivity index (χ0v) is 14.9. The van der Waals surface area contributed by atoms with Crippen molar-refractivity contribution in [1.29, 1.82) is 0 Å². The van der Waals surface area contributed by atoms with Gasteiger partial charge in [-0.25, -0.2) is 4.39 Å². The zero-order valence-electron chi connectivity index (χ0n) is 14.1. The van der Waals surface area contributed by atoms with Crippen LogP contribution >= 0.6 is 11.8 Å². The molecule has 0 saturated carbocycles. The number of halogens is 1. The van der Waals surface area contributed by atoms with Crippen molar-refractivity contribution in [3.05, 3.63) is 66.0 Å². The summed E-state index contributed by atoms with van der Waals surface area (Å²) in [5, 5.41) is -0.318. The summed E-state index contributed by atoms with van der Waals surface area (Å²) in [4.78, 5) is 16.0. The lowest BCUT2D eigenvalue weighted by Gasteiger charge is -2.33. The molecule has 1 fully saturated rings. The number of likely N-dealkylation sites (tertiary alicyclic amines) is 1. The van der Waals surface area contributed by atoms with E-state index >= 15 is 0 Å². The van der Waals surface area contributed by atoms with Crippen LogP contribution in [0.25, 0.3) is 0 Å². The minimum absolute atomic E-state index is 0.121. The predicted octanol–water partition coefficient (Wildman–Crippen LogP) is 3.86. The molecule has 3 nitrogen and oxygen atoms in total. The maximum Gasteiger partial charge on any atom is 0.240 e. The predicted molar refractivity (Wildman–Crippen MR) is 99.8 cm³/mol. The highest BCUT2D eigenvalue weighted by Gasteiger charge is 2.29. The highest BCUT2D eigenvalue weighted by atomic mass is 32.2. The first-order valence-corrected chi connectivity index (χ1v) is 9.51. The average molecular weight is 358 g/mol. The third-order valence-corrected chi connectivity index (χ3v) is 5.91. The lowest BCUT2D eigenvalue weighted by molar-refractivity contribution is -0.132. The Balaban J connectivity index is 1.79. The summed E-state index contributed by atoms with van der Waals surface area (Å²) in [6, 6.07) is 16.1. The van der Waals surface area contributed by atoms with Gasteiger partial charge in [-0.2, -0.15) is 0 Å². The van der Waals surface area contributed by atoms with E-state index in [-0.39, 0.29) is 17.0 Å². The first kappa shape index (κ1) is 18.0. The van der Waals surface area contributed by atoms with Gasteiger partial charge in [0.15, 0.2) is 0 Å². The van der Waals surface area contributed by atoms with Crippen LogP contribution in [-0.2, 0) is 4.79 Å². The Kier molecular flexibility index (Phi) is 6.10. The van der Waals surface area contributed by atoms with Crippen LogP contribution in [0.15, 0.2) is 59.5 Å². The number of benzene rings is 2. The molecule has 2 N–H and O–H groups in total. The number of piperidine rings is 1. The van der Waals surface area contributed by atoms with Gasteiger partial charge in [0.2, 0.25) is 5.91 Å². The fraction of sp³-hybridized carbons (Fsp3) is 0.350. The normalized spacial score (nSPS) is 16.6. The fourth-order valence-electron chi connectivity index (χ4n) is 3.09. The largest absolute Gasteiger partial charge is 0.341 e. The topological polar surface area (TPSA) is 46.3 Å². The molecule has 1 aliphatic heterocycles. The minimum atomic E-state index is -0.318. The number of hydrogen-bond donors (Lipinski definition) is 1. The van der Waals surface area contributed by atoms with E-state index in [2.05, 4.69) is 0 Å². The molecular weight excluding hydrogens is 335 g/mol. The lowest BCUT2D eigenvalue weighted by Crippen LogP contribution is -2.41. The Morgan fingerprint density at radius 1 is 1.12 bits per heavy atom. The first-order chi connectivity index (χ1) is 12.2. The zero-order chi connectivity index (χ0) is 17.6. The van der Waals surface area contributed by atoms with Gasteiger partial charge < -0.3 is 10.6 Å². The van der Waals surface area contributed by atoms with Gasteiger partial charge in [-0.1, -0.05) is 30.3 Å². The minimum Gasteiger partial charge on any atom is -0.341 e. The number of hydrogen-bond acceptors (Lipinski definition) is 3. The molecule has 1 unspecified atom stereocenters. The second kappa shape index (κ2) is 8.50. The molecule has 25 heavy (non-hydrogen) atoms. The van der Waals surface area contributed by atoms with Crippen molar-refractivity contribution in [3.63, 3.8) is 0 Å². The number of nitrogens with zero attached hydrogens (tertiary/aromatic N) is 1. The second-order valence-electron chi connectivity index (χ2n) is 6.37. The summed E-state index contributed by atoms with van der Waals surface area (Å²) in [5.74, 6) is 0.371. The summed E-state index contributed by atoms with van der Waals surface area (Å²) >= 11 is 1.48. The number of carbonyl (C=O) groups excluding carboxylic acids is 1. The molecule has 5 heteroatoms. The van der Waals surface area contributed by atoms with Gasteiger partial charge >= 0.3 is 0 Å². The van der Waals surface area contributed by atoms with Crippen LogP contribution in [0.2, 0.25) is 0 Å². The van der Waals surface area contributed by atoms with Gasteiger partial charge in [-0.15, -0.1) is 11.8 Å². The van der Waals surface area contributed by atoms with Crippen molar-refractivity contribution in [2.45, 2.75) is 23.0 Å². The molecular formula is C20H23FN2OS. The highest BCUT2D eigenvalue weighted by molar-refractivity contribution is 8.00. The van der Waals surface area contributed by atoms with Gasteiger partial charge in [-0.3, -0.25) is 4.79 Å². The van der Waals surface area contributed by atoms with Crippen LogP contribution < -0.4 is 5.73 Å². The number of amides is 1. The van der Waals surface area contributed by atoms with E-state index in [1.54, 1.807) is 12.1 Å². The molecule has 1 amide bonds. The summed E-state index contributed by atoms with van der Waals surface area (Å²) in [6.07, 6.45) is 1.93. The standard InChI is InChI=1S/C20H23FN2OS/c21-17-6-8-18(9-7-17)25-19(16-4-2-1-3-5-16)20(24)23-12-10-15(14-22)11-13-23/h1-9,15,19H,10-14,22H2. The number of nitrogens with two attached hydrogens (primary N) is 1. The van der Waals surface area contributed by atoms with E-state index in [1.807, 2.05) is 35.2 Å². The van der Waals surface area contributed by atoms with Crippen LogP contribution in [0.5, 0.6) is 0 Å². The maximum atomic E-state index is 13.2. The van der Waals surface area contributed by atoms with E-state index in [0.717, 1.165) is 36.4 Å². The van der Waals surface area contributed by atoms with Crippen LogP contribution in [-0.4, -0.2) is 30.4 Å². The van der Waals surface area contributed by atoms with E-state index in [0.29, 0.717) is 12.5 Å². The number of carbonyl (C=O) groups is 1. The van der Waals surface area contributed by atoms with Gasteiger partial charge in [-0.05, 0) is 55.1 Å². The summed E-state index contributed by atoms with van der Waals surface area (Å²) in [7, 11) is 0. The Labute approximate surface area is 152 Å². The van der Waals surface area contributed by atoms with Crippen LogP contribution in [0.4, 0.5) is 4.39 Å². The fourth-order valence-corrected chi connectivity index (χ4v) is 4.20. The van der Waals surface area contributed by atoms with Crippen LogP contribution in [0, 0.1) is 11.7 Å². The van der Waals surface area contributed by atoms with Crippen molar-refractivity contribution >= 4 is 17.7 Å². The van der Waals surface area contributed by atoms with E-state index < -0.39 is 0 Å². The van der Waals surface area contributed by atoms with Gasteiger partial charge in [0.25, 0.3) is 0 Å². The Bertz CT molecular complexity index is 685. The molecule has 1 saturated heterocycles. The van der Waals surface area contributed by atoms with Gasteiger partial charge in [0, 0.05) is 18.0 Å². The van der Waals surface area contributed by atoms with Gasteiger partial charge in [0.05, 0.1) is 0 Å². The van der Waals surface area contributed by atoms with Crippen molar-refractivity contribution in [3.8, 4) is 0 Å². The molecule has 0 aliphatic carbocycles. The van der Waals surface area contributed by atoms with Crippen molar-refractivity contribution in [2.24, 2.45) is 11.7 Å². The third kappa shape index (κ3) is 4.61. The molecule has 3 rings (SSSR count). The molecule has 1 heterocycles. The Hall–Kier alpha value is -1.85. The summed E-state index contributed by atoms with van der Waals surface area (Å²) in [6.45, 7) is 2.20. The lowest BCUT2D eigenvalue weighted by atomic mass is 9.96. The van der Waals surface area contributed by atoms with E-state index in [1.165, 1.54) is 23.9 Å². The maximum absolute atomic E-state index is 13.2. The number of rotatable bonds is 5.